The first-order chi connectivity index (χ1) is 16.2. The van der Waals surface area contributed by atoms with Gasteiger partial charge in [0.25, 0.3) is 5.91 Å². The summed E-state index contributed by atoms with van der Waals surface area (Å²) >= 11 is 1.24. The van der Waals surface area contributed by atoms with E-state index in [1.165, 1.54) is 11.8 Å². The van der Waals surface area contributed by atoms with Crippen LogP contribution in [0.15, 0.2) is 41.6 Å². The number of benzene rings is 1. The maximum atomic E-state index is 12.4. The van der Waals surface area contributed by atoms with Crippen molar-refractivity contribution in [3.63, 3.8) is 0 Å². The Hall–Kier alpha value is -3.58. The highest BCUT2D eigenvalue weighted by Crippen LogP contribution is 2.40. The van der Waals surface area contributed by atoms with E-state index in [0.29, 0.717) is 5.69 Å². The minimum Gasteiger partial charge on any atom is -0.480 e. The molecule has 1 saturated heterocycles. The van der Waals surface area contributed by atoms with Crippen LogP contribution < -0.4 is 16.0 Å². The molecule has 0 spiro atoms. The first-order valence-electron chi connectivity index (χ1n) is 10.4. The van der Waals surface area contributed by atoms with Crippen LogP contribution in [0, 0.1) is 0 Å². The number of carbonyl (C=O) groups excluding carboxylic acids is 3. The average Bonchev–Trinajstić information content (AvgIpc) is 2.81. The number of thioether (sulfide) groups is 1. The summed E-state index contributed by atoms with van der Waals surface area (Å²) in [7, 11) is 0. The molecule has 2 unspecified atom stereocenters. The van der Waals surface area contributed by atoms with Crippen LogP contribution in [-0.2, 0) is 19.2 Å². The lowest BCUT2D eigenvalue weighted by atomic mass is 10.0. The fourth-order valence-corrected chi connectivity index (χ4v) is 4.96. The zero-order valence-corrected chi connectivity index (χ0v) is 18.7. The molecule has 1 aromatic rings. The number of aliphatic hydroxyl groups is 1. The minimum absolute atomic E-state index is 0.0142. The average molecular weight is 493 g/mol. The summed E-state index contributed by atoms with van der Waals surface area (Å²) in [5, 5.41) is 34.9. The van der Waals surface area contributed by atoms with Crippen molar-refractivity contribution in [1.29, 1.82) is 0 Å². The van der Waals surface area contributed by atoms with Crippen LogP contribution in [0.3, 0.4) is 0 Å². The molecule has 0 aromatic heterocycles. The monoisotopic (exact) mass is 492 g/mol. The van der Waals surface area contributed by atoms with E-state index in [1.807, 2.05) is 0 Å². The molecule has 0 saturated carbocycles. The van der Waals surface area contributed by atoms with Crippen LogP contribution in [-0.4, -0.2) is 79.8 Å². The predicted octanol–water partition coefficient (Wildman–Crippen LogP) is 0.163. The highest BCUT2D eigenvalue weighted by atomic mass is 32.2. The number of β-lactam (4-membered cyclic amide) rings is 1. The molecule has 13 heteroatoms. The number of hydrogen-bond donors (Lipinski definition) is 6. The molecule has 0 bridgehead atoms. The summed E-state index contributed by atoms with van der Waals surface area (Å²) < 4.78 is 0. The SMILES string of the molecule is O=C(CCCC(NC(=O)Nc1ccccc1)C(=O)O)NC1C(=O)N2C(C(=O)O)=C(CO)CS[C@H]12. The molecule has 6 N–H and O–H groups in total. The van der Waals surface area contributed by atoms with Gasteiger partial charge in [0.2, 0.25) is 5.91 Å². The third-order valence-corrected chi connectivity index (χ3v) is 6.63. The number of urea groups is 1. The molecule has 0 aliphatic carbocycles. The molecule has 2 heterocycles. The standard InChI is InChI=1S/C21H24N4O8S/c26-9-11-10-34-18-15(17(28)25(18)16(11)20(31)32)24-14(27)8-4-7-13(19(29)30)23-21(33)22-12-5-2-1-3-6-12/h1-3,5-6,13,15,18,26H,4,7-10H2,(H,24,27)(H,29,30)(H,31,32)(H2,22,23,33)/t13?,15?,18-/m1/s1. The van der Waals surface area contributed by atoms with Crippen molar-refractivity contribution in [3.05, 3.63) is 41.6 Å². The van der Waals surface area contributed by atoms with E-state index in [2.05, 4.69) is 16.0 Å². The second-order valence-electron chi connectivity index (χ2n) is 7.62. The van der Waals surface area contributed by atoms with Crippen molar-refractivity contribution in [2.45, 2.75) is 36.7 Å². The summed E-state index contributed by atoms with van der Waals surface area (Å²) in [6, 6.07) is 5.67. The molecule has 1 fully saturated rings. The summed E-state index contributed by atoms with van der Waals surface area (Å²) in [5.41, 5.74) is 0.469. The van der Waals surface area contributed by atoms with Crippen molar-refractivity contribution in [2.75, 3.05) is 17.7 Å². The molecule has 4 amide bonds. The Bertz CT molecular complexity index is 1020. The van der Waals surface area contributed by atoms with E-state index >= 15 is 0 Å². The van der Waals surface area contributed by atoms with Gasteiger partial charge in [-0.2, -0.15) is 0 Å². The molecule has 1 aromatic carbocycles. The van der Waals surface area contributed by atoms with Gasteiger partial charge in [0, 0.05) is 17.9 Å². The largest absolute Gasteiger partial charge is 0.480 e. The Kier molecular flexibility index (Phi) is 8.12. The number of hydrogen-bond acceptors (Lipinski definition) is 7. The number of aliphatic hydroxyl groups excluding tert-OH is 1. The van der Waals surface area contributed by atoms with Gasteiger partial charge in [-0.1, -0.05) is 18.2 Å². The summed E-state index contributed by atoms with van der Waals surface area (Å²) in [5.74, 6) is -3.44. The van der Waals surface area contributed by atoms with Crippen molar-refractivity contribution >= 4 is 47.2 Å². The van der Waals surface area contributed by atoms with Gasteiger partial charge in [0.15, 0.2) is 0 Å². The van der Waals surface area contributed by atoms with E-state index < -0.39 is 53.8 Å². The predicted molar refractivity (Wildman–Crippen MR) is 121 cm³/mol. The highest BCUT2D eigenvalue weighted by Gasteiger charge is 2.54. The number of anilines is 1. The maximum absolute atomic E-state index is 12.4. The van der Waals surface area contributed by atoms with Crippen LogP contribution in [0.2, 0.25) is 0 Å². The van der Waals surface area contributed by atoms with Gasteiger partial charge in [-0.15, -0.1) is 11.8 Å². The molecule has 182 valence electrons. The topological polar surface area (TPSA) is 185 Å². The Morgan fingerprint density at radius 2 is 1.85 bits per heavy atom. The van der Waals surface area contributed by atoms with E-state index in [1.54, 1.807) is 30.3 Å². The molecule has 34 heavy (non-hydrogen) atoms. The number of carboxylic acid groups (broad SMARTS) is 2. The number of rotatable bonds is 10. The number of carbonyl (C=O) groups is 5. The quantitative estimate of drug-likeness (QED) is 0.248. The van der Waals surface area contributed by atoms with Gasteiger partial charge in [-0.25, -0.2) is 14.4 Å². The van der Waals surface area contributed by atoms with Crippen LogP contribution in [0.25, 0.3) is 0 Å². The van der Waals surface area contributed by atoms with Crippen LogP contribution in [0.1, 0.15) is 19.3 Å². The summed E-state index contributed by atoms with van der Waals surface area (Å²) in [4.78, 5) is 60.8. The summed E-state index contributed by atoms with van der Waals surface area (Å²) in [6.07, 6.45) is 0.0296. The number of amides is 4. The Balaban J connectivity index is 1.47. The molecular formula is C21H24N4O8S. The van der Waals surface area contributed by atoms with Gasteiger partial charge in [-0.3, -0.25) is 14.5 Å². The third-order valence-electron chi connectivity index (χ3n) is 5.29. The van der Waals surface area contributed by atoms with E-state index in [-0.39, 0.29) is 36.3 Å². The number of nitrogens with zero attached hydrogens (tertiary/aromatic N) is 1. The fourth-order valence-electron chi connectivity index (χ4n) is 3.62. The molecule has 12 nitrogen and oxygen atoms in total. The zero-order valence-electron chi connectivity index (χ0n) is 17.9. The molecular weight excluding hydrogens is 468 g/mol. The zero-order chi connectivity index (χ0) is 24.8. The lowest BCUT2D eigenvalue weighted by molar-refractivity contribution is -0.150. The molecule has 3 atom stereocenters. The number of aliphatic carboxylic acids is 2. The number of carboxylic acids is 2. The van der Waals surface area contributed by atoms with E-state index in [4.69, 9.17) is 0 Å². The molecule has 2 aliphatic heterocycles. The maximum Gasteiger partial charge on any atom is 0.352 e. The lowest BCUT2D eigenvalue weighted by Gasteiger charge is -2.49. The van der Waals surface area contributed by atoms with Crippen molar-refractivity contribution in [3.8, 4) is 0 Å². The number of fused-ring (bicyclic) bond motifs is 1. The van der Waals surface area contributed by atoms with E-state index in [9.17, 15) is 39.3 Å². The number of para-hydroxylation sites is 1. The molecule has 2 aliphatic rings. The third kappa shape index (κ3) is 5.66. The Morgan fingerprint density at radius 1 is 1.15 bits per heavy atom. The minimum atomic E-state index is -1.32. The number of nitrogens with one attached hydrogen (secondary N) is 3. The second kappa shape index (κ2) is 11.0. The van der Waals surface area contributed by atoms with Gasteiger partial charge in [0.05, 0.1) is 6.61 Å². The Morgan fingerprint density at radius 3 is 2.47 bits per heavy atom. The van der Waals surface area contributed by atoms with Gasteiger partial charge < -0.3 is 31.3 Å². The second-order valence-corrected chi connectivity index (χ2v) is 8.72. The smallest absolute Gasteiger partial charge is 0.352 e. The van der Waals surface area contributed by atoms with E-state index in [0.717, 1.165) is 4.90 Å². The van der Waals surface area contributed by atoms with Gasteiger partial charge in [0.1, 0.15) is 23.2 Å². The van der Waals surface area contributed by atoms with Gasteiger partial charge in [-0.05, 0) is 30.5 Å². The highest BCUT2D eigenvalue weighted by molar-refractivity contribution is 8.00. The van der Waals surface area contributed by atoms with Crippen molar-refractivity contribution < 1.29 is 39.3 Å². The summed E-state index contributed by atoms with van der Waals surface area (Å²) in [6.45, 7) is -0.482. The van der Waals surface area contributed by atoms with Crippen molar-refractivity contribution in [2.24, 2.45) is 0 Å². The lowest BCUT2D eigenvalue weighted by Crippen LogP contribution is -2.70. The molecule has 3 rings (SSSR count). The van der Waals surface area contributed by atoms with Crippen LogP contribution in [0.4, 0.5) is 10.5 Å². The van der Waals surface area contributed by atoms with Gasteiger partial charge >= 0.3 is 18.0 Å². The first kappa shape index (κ1) is 25.1. The van der Waals surface area contributed by atoms with Crippen LogP contribution >= 0.6 is 11.8 Å². The normalized spacial score (nSPS) is 20.0. The Labute approximate surface area is 198 Å². The van der Waals surface area contributed by atoms with Crippen LogP contribution in [0.5, 0.6) is 0 Å². The van der Waals surface area contributed by atoms with Crippen molar-refractivity contribution in [1.82, 2.24) is 15.5 Å². The molecule has 0 radical (unpaired) electrons. The fraction of sp³-hybridized carbons (Fsp3) is 0.381. The first-order valence-corrected chi connectivity index (χ1v) is 11.4.